The third kappa shape index (κ3) is 3.69. The lowest BCUT2D eigenvalue weighted by molar-refractivity contribution is -0.120. The van der Waals surface area contributed by atoms with Gasteiger partial charge in [0.25, 0.3) is 11.8 Å². The second-order valence-electron chi connectivity index (χ2n) is 6.88. The summed E-state index contributed by atoms with van der Waals surface area (Å²) in [5.41, 5.74) is 1.69. The largest absolute Gasteiger partial charge is 0.497 e. The van der Waals surface area contributed by atoms with Crippen LogP contribution in [0.4, 0.5) is 0 Å². The minimum absolute atomic E-state index is 0.136. The van der Waals surface area contributed by atoms with Gasteiger partial charge in [-0.1, -0.05) is 36.4 Å². The molecule has 0 saturated heterocycles. The SMILES string of the molecule is COc1ccc(CC(=O)NCCN2C(=O)c3cc4ccccc4cc3C2=O)cc1. The molecule has 1 heterocycles. The van der Waals surface area contributed by atoms with E-state index in [4.69, 9.17) is 4.74 Å². The Morgan fingerprint density at radius 2 is 1.52 bits per heavy atom. The van der Waals surface area contributed by atoms with Gasteiger partial charge in [-0.2, -0.15) is 0 Å². The lowest BCUT2D eigenvalue weighted by atomic mass is 10.0. The highest BCUT2D eigenvalue weighted by molar-refractivity contribution is 6.23. The van der Waals surface area contributed by atoms with Crippen molar-refractivity contribution in [1.82, 2.24) is 10.2 Å². The number of nitrogens with zero attached hydrogens (tertiary/aromatic N) is 1. The van der Waals surface area contributed by atoms with Gasteiger partial charge in [0.1, 0.15) is 5.75 Å². The summed E-state index contributed by atoms with van der Waals surface area (Å²) >= 11 is 0. The monoisotopic (exact) mass is 388 g/mol. The molecular weight excluding hydrogens is 368 g/mol. The Bertz CT molecular complexity index is 1050. The Morgan fingerprint density at radius 1 is 0.931 bits per heavy atom. The molecule has 0 bridgehead atoms. The number of carbonyl (C=O) groups excluding carboxylic acids is 3. The number of methoxy groups -OCH3 is 1. The standard InChI is InChI=1S/C23H20N2O4/c1-29-18-8-6-15(7-9-18)12-21(26)24-10-11-25-22(27)19-13-16-4-2-3-5-17(16)14-20(19)23(25)28/h2-9,13-14H,10-12H2,1H3,(H,24,26). The van der Waals surface area contributed by atoms with Crippen molar-refractivity contribution >= 4 is 28.5 Å². The van der Waals surface area contributed by atoms with E-state index in [1.807, 2.05) is 36.4 Å². The highest BCUT2D eigenvalue weighted by Gasteiger charge is 2.35. The molecule has 3 aromatic rings. The molecule has 0 fully saturated rings. The fourth-order valence-electron chi connectivity index (χ4n) is 3.48. The number of hydrogen-bond donors (Lipinski definition) is 1. The topological polar surface area (TPSA) is 75.7 Å². The third-order valence-corrected chi connectivity index (χ3v) is 5.02. The van der Waals surface area contributed by atoms with Crippen molar-refractivity contribution in [3.8, 4) is 5.75 Å². The number of amides is 3. The molecule has 0 aliphatic carbocycles. The van der Waals surface area contributed by atoms with Crippen LogP contribution in [-0.4, -0.2) is 42.8 Å². The molecular formula is C23H20N2O4. The molecule has 6 nitrogen and oxygen atoms in total. The Balaban J connectivity index is 1.37. The van der Waals surface area contributed by atoms with Crippen LogP contribution in [0.25, 0.3) is 10.8 Å². The molecule has 146 valence electrons. The van der Waals surface area contributed by atoms with E-state index in [9.17, 15) is 14.4 Å². The summed E-state index contributed by atoms with van der Waals surface area (Å²) in [5, 5.41) is 4.61. The number of hydrogen-bond acceptors (Lipinski definition) is 4. The van der Waals surface area contributed by atoms with Gasteiger partial charge in [0, 0.05) is 13.1 Å². The molecule has 0 saturated carbocycles. The van der Waals surface area contributed by atoms with Gasteiger partial charge in [-0.05, 0) is 40.6 Å². The Morgan fingerprint density at radius 3 is 2.07 bits per heavy atom. The molecule has 29 heavy (non-hydrogen) atoms. The first kappa shape index (κ1) is 18.7. The lowest BCUT2D eigenvalue weighted by Crippen LogP contribution is -2.38. The Kier molecular flexibility index (Phi) is 4.99. The van der Waals surface area contributed by atoms with E-state index in [1.165, 1.54) is 4.90 Å². The minimum Gasteiger partial charge on any atom is -0.497 e. The van der Waals surface area contributed by atoms with E-state index >= 15 is 0 Å². The molecule has 1 N–H and O–H groups in total. The minimum atomic E-state index is -0.319. The molecule has 4 rings (SSSR count). The zero-order chi connectivity index (χ0) is 20.4. The molecule has 1 aliphatic rings. The molecule has 0 radical (unpaired) electrons. The van der Waals surface area contributed by atoms with Crippen LogP contribution in [0.2, 0.25) is 0 Å². The van der Waals surface area contributed by atoms with E-state index in [1.54, 1.807) is 31.4 Å². The number of imide groups is 1. The number of rotatable bonds is 6. The van der Waals surface area contributed by atoms with Crippen LogP contribution in [-0.2, 0) is 11.2 Å². The van der Waals surface area contributed by atoms with Gasteiger partial charge in [-0.15, -0.1) is 0 Å². The normalized spacial score (nSPS) is 12.9. The quantitative estimate of drug-likeness (QED) is 0.659. The highest BCUT2D eigenvalue weighted by atomic mass is 16.5. The average molecular weight is 388 g/mol. The zero-order valence-electron chi connectivity index (χ0n) is 16.0. The van der Waals surface area contributed by atoms with Crippen LogP contribution in [0.15, 0.2) is 60.7 Å². The number of carbonyl (C=O) groups is 3. The van der Waals surface area contributed by atoms with Crippen molar-refractivity contribution in [2.75, 3.05) is 20.2 Å². The van der Waals surface area contributed by atoms with Crippen LogP contribution in [0.1, 0.15) is 26.3 Å². The first-order chi connectivity index (χ1) is 14.1. The van der Waals surface area contributed by atoms with Crippen molar-refractivity contribution in [2.45, 2.75) is 6.42 Å². The molecule has 6 heteroatoms. The smallest absolute Gasteiger partial charge is 0.261 e. The maximum Gasteiger partial charge on any atom is 0.261 e. The maximum atomic E-state index is 12.7. The number of ether oxygens (including phenoxy) is 1. The van der Waals surface area contributed by atoms with Gasteiger partial charge in [0.2, 0.25) is 5.91 Å². The van der Waals surface area contributed by atoms with Crippen molar-refractivity contribution in [1.29, 1.82) is 0 Å². The van der Waals surface area contributed by atoms with E-state index in [2.05, 4.69) is 5.32 Å². The number of benzene rings is 3. The number of nitrogens with one attached hydrogen (secondary N) is 1. The van der Waals surface area contributed by atoms with Crippen molar-refractivity contribution in [3.63, 3.8) is 0 Å². The van der Waals surface area contributed by atoms with Crippen LogP contribution >= 0.6 is 0 Å². The summed E-state index contributed by atoms with van der Waals surface area (Å²) in [6.07, 6.45) is 0.220. The first-order valence-corrected chi connectivity index (χ1v) is 9.35. The summed E-state index contributed by atoms with van der Waals surface area (Å²) < 4.78 is 5.10. The first-order valence-electron chi connectivity index (χ1n) is 9.35. The van der Waals surface area contributed by atoms with E-state index in [0.29, 0.717) is 11.1 Å². The fraction of sp³-hybridized carbons (Fsp3) is 0.174. The second kappa shape index (κ2) is 7.75. The maximum absolute atomic E-state index is 12.7. The van der Waals surface area contributed by atoms with Crippen LogP contribution in [0.5, 0.6) is 5.75 Å². The average Bonchev–Trinajstić information content (AvgIpc) is 2.97. The van der Waals surface area contributed by atoms with Crippen molar-refractivity contribution in [3.05, 3.63) is 77.4 Å². The molecule has 0 unspecified atom stereocenters. The molecule has 0 atom stereocenters. The highest BCUT2D eigenvalue weighted by Crippen LogP contribution is 2.27. The van der Waals surface area contributed by atoms with Gasteiger partial charge in [0.05, 0.1) is 24.7 Å². The molecule has 0 aromatic heterocycles. The van der Waals surface area contributed by atoms with E-state index < -0.39 is 0 Å². The summed E-state index contributed by atoms with van der Waals surface area (Å²) in [7, 11) is 1.59. The Hall–Kier alpha value is -3.67. The molecule has 3 aromatic carbocycles. The van der Waals surface area contributed by atoms with Gasteiger partial charge in [-0.25, -0.2) is 0 Å². The van der Waals surface area contributed by atoms with Gasteiger partial charge < -0.3 is 10.1 Å². The fourth-order valence-corrected chi connectivity index (χ4v) is 3.48. The van der Waals surface area contributed by atoms with Crippen molar-refractivity contribution in [2.24, 2.45) is 0 Å². The lowest BCUT2D eigenvalue weighted by Gasteiger charge is -2.14. The van der Waals surface area contributed by atoms with Crippen LogP contribution in [0.3, 0.4) is 0 Å². The zero-order valence-corrected chi connectivity index (χ0v) is 16.0. The van der Waals surface area contributed by atoms with Crippen molar-refractivity contribution < 1.29 is 19.1 Å². The van der Waals surface area contributed by atoms with Crippen LogP contribution < -0.4 is 10.1 Å². The summed E-state index contributed by atoms with van der Waals surface area (Å²) in [6, 6.07) is 18.4. The third-order valence-electron chi connectivity index (χ3n) is 5.02. The number of fused-ring (bicyclic) bond motifs is 2. The summed E-state index contributed by atoms with van der Waals surface area (Å²) in [6.45, 7) is 0.344. The summed E-state index contributed by atoms with van der Waals surface area (Å²) in [5.74, 6) is -0.0785. The molecule has 1 aliphatic heterocycles. The van der Waals surface area contributed by atoms with Gasteiger partial charge >= 0.3 is 0 Å². The predicted octanol–water partition coefficient (Wildman–Crippen LogP) is 2.80. The van der Waals surface area contributed by atoms with E-state index in [-0.39, 0.29) is 37.2 Å². The van der Waals surface area contributed by atoms with E-state index in [0.717, 1.165) is 22.1 Å². The van der Waals surface area contributed by atoms with Crippen LogP contribution in [0, 0.1) is 0 Å². The molecule has 3 amide bonds. The Labute approximate surface area is 168 Å². The predicted molar refractivity (Wildman–Crippen MR) is 109 cm³/mol. The van der Waals surface area contributed by atoms with Gasteiger partial charge in [-0.3, -0.25) is 19.3 Å². The second-order valence-corrected chi connectivity index (χ2v) is 6.88. The molecule has 0 spiro atoms. The summed E-state index contributed by atoms with van der Waals surface area (Å²) in [4.78, 5) is 38.7. The van der Waals surface area contributed by atoms with Gasteiger partial charge in [0.15, 0.2) is 0 Å².